The van der Waals surface area contributed by atoms with Crippen LogP contribution in [0.15, 0.2) is 48.5 Å². The number of benzene rings is 2. The highest BCUT2D eigenvalue weighted by Crippen LogP contribution is 2.26. The number of thioether (sulfide) groups is 1. The van der Waals surface area contributed by atoms with Crippen LogP contribution in [0.25, 0.3) is 11.0 Å². The Bertz CT molecular complexity index is 880. The third-order valence-electron chi connectivity index (χ3n) is 4.19. The predicted molar refractivity (Wildman–Crippen MR) is 113 cm³/mol. The van der Waals surface area contributed by atoms with E-state index in [1.54, 1.807) is 17.8 Å². The highest BCUT2D eigenvalue weighted by atomic mass is 32.2. The van der Waals surface area contributed by atoms with E-state index in [0.29, 0.717) is 18.1 Å². The van der Waals surface area contributed by atoms with Gasteiger partial charge in [-0.3, -0.25) is 4.79 Å². The number of aromatic amines is 1. The maximum absolute atomic E-state index is 12.5. The summed E-state index contributed by atoms with van der Waals surface area (Å²) in [5.41, 5.74) is 1.85. The van der Waals surface area contributed by atoms with Crippen molar-refractivity contribution >= 4 is 28.7 Å². The first-order chi connectivity index (χ1) is 13.7. The normalized spacial score (nSPS) is 11.9. The van der Waals surface area contributed by atoms with Crippen LogP contribution in [0.4, 0.5) is 0 Å². The van der Waals surface area contributed by atoms with Gasteiger partial charge in [-0.25, -0.2) is 4.98 Å². The fourth-order valence-electron chi connectivity index (χ4n) is 2.87. The summed E-state index contributed by atoms with van der Waals surface area (Å²) in [7, 11) is 0. The third kappa shape index (κ3) is 5.19. The van der Waals surface area contributed by atoms with E-state index in [9.17, 15) is 4.79 Å². The van der Waals surface area contributed by atoms with Gasteiger partial charge in [0, 0.05) is 0 Å². The number of H-pyrrole nitrogens is 1. The molecule has 0 aliphatic carbocycles. The molecule has 1 aromatic heterocycles. The molecule has 0 saturated carbocycles. The minimum absolute atomic E-state index is 0.0833. The van der Waals surface area contributed by atoms with Gasteiger partial charge in [-0.15, -0.1) is 0 Å². The van der Waals surface area contributed by atoms with E-state index in [0.717, 1.165) is 29.0 Å². The molecule has 2 N–H and O–H groups in total. The Morgan fingerprint density at radius 3 is 2.57 bits per heavy atom. The molecular formula is C21H25N3O3S. The molecular weight excluding hydrogens is 374 g/mol. The zero-order valence-corrected chi connectivity index (χ0v) is 16.9. The van der Waals surface area contributed by atoms with E-state index in [-0.39, 0.29) is 18.6 Å². The zero-order valence-electron chi connectivity index (χ0n) is 16.1. The minimum Gasteiger partial charge on any atom is -0.490 e. The SMILES string of the molecule is CCOc1ccccc1OCC(=O)N[C@H](CCSC)c1nc2ccccc2[nH]1. The number of hydrogen-bond donors (Lipinski definition) is 2. The smallest absolute Gasteiger partial charge is 0.258 e. The quantitative estimate of drug-likeness (QED) is 0.540. The molecule has 0 spiro atoms. The van der Waals surface area contributed by atoms with Crippen LogP contribution in [-0.4, -0.2) is 41.1 Å². The predicted octanol–water partition coefficient (Wildman–Crippen LogP) is 3.95. The molecule has 1 atom stereocenters. The second-order valence-electron chi connectivity index (χ2n) is 6.21. The van der Waals surface area contributed by atoms with Crippen LogP contribution < -0.4 is 14.8 Å². The Labute approximate surface area is 169 Å². The van der Waals surface area contributed by atoms with Crippen molar-refractivity contribution in [3.8, 4) is 11.5 Å². The Morgan fingerprint density at radius 2 is 1.86 bits per heavy atom. The van der Waals surface area contributed by atoms with Gasteiger partial charge in [0.05, 0.1) is 23.7 Å². The monoisotopic (exact) mass is 399 g/mol. The first-order valence-corrected chi connectivity index (χ1v) is 10.7. The van der Waals surface area contributed by atoms with Crippen LogP contribution in [0.5, 0.6) is 11.5 Å². The highest BCUT2D eigenvalue weighted by molar-refractivity contribution is 7.98. The average Bonchev–Trinajstić information content (AvgIpc) is 3.15. The lowest BCUT2D eigenvalue weighted by molar-refractivity contribution is -0.123. The van der Waals surface area contributed by atoms with Crippen LogP contribution in [0, 0.1) is 0 Å². The van der Waals surface area contributed by atoms with Gasteiger partial charge in [-0.05, 0) is 49.6 Å². The maximum atomic E-state index is 12.5. The molecule has 1 heterocycles. The average molecular weight is 400 g/mol. The molecule has 0 bridgehead atoms. The number of nitrogens with zero attached hydrogens (tertiary/aromatic N) is 1. The van der Waals surface area contributed by atoms with Gasteiger partial charge in [-0.2, -0.15) is 11.8 Å². The molecule has 0 aliphatic heterocycles. The Kier molecular flexibility index (Phi) is 7.19. The van der Waals surface area contributed by atoms with Crippen molar-refractivity contribution in [3.05, 3.63) is 54.4 Å². The van der Waals surface area contributed by atoms with Crippen LogP contribution in [-0.2, 0) is 4.79 Å². The molecule has 0 unspecified atom stereocenters. The Morgan fingerprint density at radius 1 is 1.14 bits per heavy atom. The highest BCUT2D eigenvalue weighted by Gasteiger charge is 2.19. The van der Waals surface area contributed by atoms with E-state index in [1.165, 1.54) is 0 Å². The van der Waals surface area contributed by atoms with Crippen molar-refractivity contribution in [3.63, 3.8) is 0 Å². The van der Waals surface area contributed by atoms with Crippen molar-refractivity contribution in [1.29, 1.82) is 0 Å². The van der Waals surface area contributed by atoms with Crippen LogP contribution in [0.1, 0.15) is 25.2 Å². The molecule has 0 aliphatic rings. The van der Waals surface area contributed by atoms with E-state index in [2.05, 4.69) is 15.3 Å². The first kappa shape index (κ1) is 20.1. The fourth-order valence-corrected chi connectivity index (χ4v) is 3.35. The molecule has 7 heteroatoms. The van der Waals surface area contributed by atoms with Crippen molar-refractivity contribution in [2.45, 2.75) is 19.4 Å². The number of carbonyl (C=O) groups excluding carboxylic acids is 1. The van der Waals surface area contributed by atoms with Gasteiger partial charge < -0.3 is 19.8 Å². The lowest BCUT2D eigenvalue weighted by atomic mass is 10.2. The molecule has 6 nitrogen and oxygen atoms in total. The number of amides is 1. The number of hydrogen-bond acceptors (Lipinski definition) is 5. The lowest BCUT2D eigenvalue weighted by Gasteiger charge is -2.17. The van der Waals surface area contributed by atoms with E-state index in [1.807, 2.05) is 55.6 Å². The van der Waals surface area contributed by atoms with Crippen molar-refractivity contribution in [2.24, 2.45) is 0 Å². The third-order valence-corrected chi connectivity index (χ3v) is 4.84. The van der Waals surface area contributed by atoms with Gasteiger partial charge in [0.2, 0.25) is 0 Å². The number of rotatable bonds is 10. The maximum Gasteiger partial charge on any atom is 0.258 e. The summed E-state index contributed by atoms with van der Waals surface area (Å²) < 4.78 is 11.2. The minimum atomic E-state index is -0.196. The summed E-state index contributed by atoms with van der Waals surface area (Å²) in [6.07, 6.45) is 2.83. The Balaban J connectivity index is 1.66. The molecule has 3 rings (SSSR count). The largest absolute Gasteiger partial charge is 0.490 e. The number of carbonyl (C=O) groups is 1. The summed E-state index contributed by atoms with van der Waals surface area (Å²) in [6, 6.07) is 15.0. The number of imidazole rings is 1. The van der Waals surface area contributed by atoms with Gasteiger partial charge in [-0.1, -0.05) is 24.3 Å². The molecule has 148 valence electrons. The molecule has 0 saturated heterocycles. The first-order valence-electron chi connectivity index (χ1n) is 9.28. The second kappa shape index (κ2) is 10.0. The molecule has 2 aromatic carbocycles. The summed E-state index contributed by atoms with van der Waals surface area (Å²) in [4.78, 5) is 20.5. The standard InChI is InChI=1S/C21H25N3O3S/c1-3-26-18-10-6-7-11-19(18)27-14-20(25)22-17(12-13-28-2)21-23-15-8-4-5-9-16(15)24-21/h4-11,17H,3,12-14H2,1-2H3,(H,22,25)(H,23,24)/t17-/m1/s1. The molecule has 0 radical (unpaired) electrons. The van der Waals surface area contributed by atoms with Crippen molar-refractivity contribution in [2.75, 3.05) is 25.2 Å². The number of nitrogens with one attached hydrogen (secondary N) is 2. The summed E-state index contributed by atoms with van der Waals surface area (Å²) in [6.45, 7) is 2.36. The molecule has 28 heavy (non-hydrogen) atoms. The summed E-state index contributed by atoms with van der Waals surface area (Å²) in [5, 5.41) is 3.04. The van der Waals surface area contributed by atoms with Gasteiger partial charge in [0.25, 0.3) is 5.91 Å². The van der Waals surface area contributed by atoms with Crippen LogP contribution >= 0.6 is 11.8 Å². The molecule has 1 amide bonds. The van der Waals surface area contributed by atoms with Gasteiger partial charge in [0.1, 0.15) is 5.82 Å². The van der Waals surface area contributed by atoms with E-state index in [4.69, 9.17) is 9.47 Å². The zero-order chi connectivity index (χ0) is 19.8. The Hall–Kier alpha value is -2.67. The van der Waals surface area contributed by atoms with Crippen LogP contribution in [0.3, 0.4) is 0 Å². The van der Waals surface area contributed by atoms with Crippen molar-refractivity contribution < 1.29 is 14.3 Å². The second-order valence-corrected chi connectivity index (χ2v) is 7.19. The van der Waals surface area contributed by atoms with Gasteiger partial charge >= 0.3 is 0 Å². The lowest BCUT2D eigenvalue weighted by Crippen LogP contribution is -2.33. The van der Waals surface area contributed by atoms with Crippen LogP contribution in [0.2, 0.25) is 0 Å². The number of para-hydroxylation sites is 4. The van der Waals surface area contributed by atoms with E-state index < -0.39 is 0 Å². The summed E-state index contributed by atoms with van der Waals surface area (Å²) in [5.74, 6) is 2.67. The number of ether oxygens (including phenoxy) is 2. The number of fused-ring (bicyclic) bond motifs is 1. The number of aromatic nitrogens is 2. The molecule has 0 fully saturated rings. The summed E-state index contributed by atoms with van der Waals surface area (Å²) >= 11 is 1.74. The fraction of sp³-hybridized carbons (Fsp3) is 0.333. The van der Waals surface area contributed by atoms with E-state index >= 15 is 0 Å². The van der Waals surface area contributed by atoms with Gasteiger partial charge in [0.15, 0.2) is 18.1 Å². The van der Waals surface area contributed by atoms with Crippen molar-refractivity contribution in [1.82, 2.24) is 15.3 Å². The topological polar surface area (TPSA) is 76.2 Å². The molecule has 3 aromatic rings.